The molecule has 0 spiro atoms. The summed E-state index contributed by atoms with van der Waals surface area (Å²) in [6, 6.07) is 16.9. The van der Waals surface area contributed by atoms with Crippen LogP contribution in [0.4, 0.5) is 0 Å². The van der Waals surface area contributed by atoms with Crippen LogP contribution in [-0.2, 0) is 11.2 Å². The SMILES string of the molecule is CCN(CC)CCNC(=O)Cc1cccc2c(=O)cc(-c3ccccc3)[nH]c12. The number of nitrogens with zero attached hydrogens (tertiary/aromatic N) is 1. The molecule has 0 bridgehead atoms. The van der Waals surface area contributed by atoms with Crippen LogP contribution >= 0.6 is 0 Å². The molecule has 0 saturated heterocycles. The van der Waals surface area contributed by atoms with Crippen LogP contribution in [0.1, 0.15) is 19.4 Å². The predicted octanol–water partition coefficient (Wildman–Crippen LogP) is 3.20. The third-order valence-corrected chi connectivity index (χ3v) is 5.03. The molecular weight excluding hydrogens is 350 g/mol. The fraction of sp³-hybridized carbons (Fsp3) is 0.304. The van der Waals surface area contributed by atoms with Gasteiger partial charge in [0.25, 0.3) is 0 Å². The minimum Gasteiger partial charge on any atom is -0.355 e. The fourth-order valence-corrected chi connectivity index (χ4v) is 3.38. The van der Waals surface area contributed by atoms with E-state index in [2.05, 4.69) is 29.0 Å². The summed E-state index contributed by atoms with van der Waals surface area (Å²) in [5.74, 6) is -0.0365. The van der Waals surface area contributed by atoms with Gasteiger partial charge in [-0.2, -0.15) is 0 Å². The van der Waals surface area contributed by atoms with Crippen molar-refractivity contribution in [3.8, 4) is 11.3 Å². The van der Waals surface area contributed by atoms with Gasteiger partial charge in [-0.05, 0) is 30.3 Å². The number of rotatable bonds is 8. The van der Waals surface area contributed by atoms with Crippen molar-refractivity contribution in [1.29, 1.82) is 0 Å². The predicted molar refractivity (Wildman–Crippen MR) is 115 cm³/mol. The van der Waals surface area contributed by atoms with Gasteiger partial charge in [-0.1, -0.05) is 56.3 Å². The summed E-state index contributed by atoms with van der Waals surface area (Å²) in [5, 5.41) is 3.59. The van der Waals surface area contributed by atoms with Crippen molar-refractivity contribution in [3.05, 3.63) is 70.4 Å². The molecule has 2 aromatic carbocycles. The van der Waals surface area contributed by atoms with Crippen molar-refractivity contribution in [1.82, 2.24) is 15.2 Å². The number of aromatic amines is 1. The lowest BCUT2D eigenvalue weighted by Gasteiger charge is -2.18. The van der Waals surface area contributed by atoms with Gasteiger partial charge in [-0.25, -0.2) is 0 Å². The Hall–Kier alpha value is -2.92. The highest BCUT2D eigenvalue weighted by Crippen LogP contribution is 2.20. The van der Waals surface area contributed by atoms with E-state index in [1.807, 2.05) is 42.5 Å². The van der Waals surface area contributed by atoms with E-state index in [9.17, 15) is 9.59 Å². The van der Waals surface area contributed by atoms with Crippen molar-refractivity contribution in [2.45, 2.75) is 20.3 Å². The van der Waals surface area contributed by atoms with Crippen LogP contribution < -0.4 is 10.7 Å². The number of nitrogens with one attached hydrogen (secondary N) is 2. The van der Waals surface area contributed by atoms with Gasteiger partial charge in [0.2, 0.25) is 5.91 Å². The van der Waals surface area contributed by atoms with E-state index in [0.29, 0.717) is 11.9 Å². The van der Waals surface area contributed by atoms with E-state index in [0.717, 1.165) is 42.0 Å². The minimum absolute atomic E-state index is 0.0365. The smallest absolute Gasteiger partial charge is 0.224 e. The average Bonchev–Trinajstić information content (AvgIpc) is 2.72. The van der Waals surface area contributed by atoms with Gasteiger partial charge < -0.3 is 15.2 Å². The Morgan fingerprint density at radius 1 is 1.04 bits per heavy atom. The molecule has 0 radical (unpaired) electrons. The van der Waals surface area contributed by atoms with Crippen LogP contribution in [-0.4, -0.2) is 42.0 Å². The summed E-state index contributed by atoms with van der Waals surface area (Å²) in [5.41, 5.74) is 3.21. The number of para-hydroxylation sites is 1. The topological polar surface area (TPSA) is 65.2 Å². The van der Waals surface area contributed by atoms with Gasteiger partial charge in [-0.3, -0.25) is 9.59 Å². The third-order valence-electron chi connectivity index (χ3n) is 5.03. The largest absolute Gasteiger partial charge is 0.355 e. The molecule has 1 heterocycles. The standard InChI is InChI=1S/C23H27N3O2/c1-3-26(4-2)14-13-24-22(28)15-18-11-8-12-19-21(27)16-20(25-23(18)19)17-9-6-5-7-10-17/h5-12,16H,3-4,13-15H2,1-2H3,(H,24,28)(H,25,27). The first kappa shape index (κ1) is 19.8. The number of likely N-dealkylation sites (N-methyl/N-ethyl adjacent to an activating group) is 1. The molecule has 5 heteroatoms. The monoisotopic (exact) mass is 377 g/mol. The lowest BCUT2D eigenvalue weighted by molar-refractivity contribution is -0.120. The lowest BCUT2D eigenvalue weighted by Crippen LogP contribution is -2.35. The molecule has 0 saturated carbocycles. The van der Waals surface area contributed by atoms with Crippen LogP contribution in [0.2, 0.25) is 0 Å². The number of aromatic nitrogens is 1. The summed E-state index contributed by atoms with van der Waals surface area (Å²) in [6.45, 7) is 7.63. The molecule has 0 aliphatic heterocycles. The molecule has 1 amide bonds. The van der Waals surface area contributed by atoms with E-state index < -0.39 is 0 Å². The second-order valence-corrected chi connectivity index (χ2v) is 6.81. The molecule has 5 nitrogen and oxygen atoms in total. The quantitative estimate of drug-likeness (QED) is 0.634. The number of amides is 1. The number of pyridine rings is 1. The zero-order valence-electron chi connectivity index (χ0n) is 16.5. The molecule has 2 N–H and O–H groups in total. The number of hydrogen-bond donors (Lipinski definition) is 2. The number of H-pyrrole nitrogens is 1. The normalized spacial score (nSPS) is 11.1. The molecule has 1 aromatic heterocycles. The molecule has 0 atom stereocenters. The second-order valence-electron chi connectivity index (χ2n) is 6.81. The van der Waals surface area contributed by atoms with Gasteiger partial charge in [0.05, 0.1) is 11.9 Å². The van der Waals surface area contributed by atoms with E-state index in [4.69, 9.17) is 0 Å². The van der Waals surface area contributed by atoms with Crippen molar-refractivity contribution in [2.24, 2.45) is 0 Å². The Morgan fingerprint density at radius 2 is 1.79 bits per heavy atom. The van der Waals surface area contributed by atoms with Crippen LogP contribution in [0.25, 0.3) is 22.2 Å². The number of hydrogen-bond acceptors (Lipinski definition) is 3. The van der Waals surface area contributed by atoms with E-state index in [-0.39, 0.29) is 17.8 Å². The molecule has 0 fully saturated rings. The van der Waals surface area contributed by atoms with Crippen molar-refractivity contribution in [3.63, 3.8) is 0 Å². The summed E-state index contributed by atoms with van der Waals surface area (Å²) < 4.78 is 0. The minimum atomic E-state index is -0.0450. The number of fused-ring (bicyclic) bond motifs is 1. The summed E-state index contributed by atoms with van der Waals surface area (Å²) in [4.78, 5) is 30.7. The van der Waals surface area contributed by atoms with Gasteiger partial charge in [0.15, 0.2) is 5.43 Å². The molecule has 3 aromatic rings. The van der Waals surface area contributed by atoms with E-state index >= 15 is 0 Å². The first-order valence-electron chi connectivity index (χ1n) is 9.81. The summed E-state index contributed by atoms with van der Waals surface area (Å²) in [7, 11) is 0. The van der Waals surface area contributed by atoms with Gasteiger partial charge >= 0.3 is 0 Å². The maximum absolute atomic E-state index is 12.6. The zero-order valence-corrected chi connectivity index (χ0v) is 16.5. The summed E-state index contributed by atoms with van der Waals surface area (Å²) >= 11 is 0. The number of carbonyl (C=O) groups is 1. The van der Waals surface area contributed by atoms with Gasteiger partial charge in [-0.15, -0.1) is 0 Å². The fourth-order valence-electron chi connectivity index (χ4n) is 3.38. The van der Waals surface area contributed by atoms with Crippen molar-refractivity contribution in [2.75, 3.05) is 26.2 Å². The van der Waals surface area contributed by atoms with Crippen LogP contribution in [0.5, 0.6) is 0 Å². The lowest BCUT2D eigenvalue weighted by atomic mass is 10.0. The summed E-state index contributed by atoms with van der Waals surface area (Å²) in [6.07, 6.45) is 0.240. The second kappa shape index (κ2) is 9.33. The van der Waals surface area contributed by atoms with E-state index in [1.54, 1.807) is 12.1 Å². The number of benzene rings is 2. The maximum atomic E-state index is 12.6. The van der Waals surface area contributed by atoms with Gasteiger partial charge in [0.1, 0.15) is 0 Å². The molecule has 3 rings (SSSR count). The van der Waals surface area contributed by atoms with Crippen molar-refractivity contribution < 1.29 is 4.79 Å². The Morgan fingerprint density at radius 3 is 2.50 bits per heavy atom. The van der Waals surface area contributed by atoms with E-state index in [1.165, 1.54) is 0 Å². The maximum Gasteiger partial charge on any atom is 0.224 e. The first-order chi connectivity index (χ1) is 13.6. The zero-order chi connectivity index (χ0) is 19.9. The molecule has 0 aliphatic rings. The highest BCUT2D eigenvalue weighted by molar-refractivity contribution is 5.89. The van der Waals surface area contributed by atoms with Crippen LogP contribution in [0.15, 0.2) is 59.4 Å². The Kier molecular flexibility index (Phi) is 6.61. The Balaban J connectivity index is 1.82. The van der Waals surface area contributed by atoms with Gasteiger partial charge in [0, 0.05) is 30.2 Å². The number of carbonyl (C=O) groups excluding carboxylic acids is 1. The molecular formula is C23H27N3O2. The highest BCUT2D eigenvalue weighted by atomic mass is 16.1. The molecule has 146 valence electrons. The first-order valence-corrected chi connectivity index (χ1v) is 9.81. The Bertz CT molecular complexity index is 992. The highest BCUT2D eigenvalue weighted by Gasteiger charge is 2.11. The Labute approximate surface area is 165 Å². The van der Waals surface area contributed by atoms with Crippen molar-refractivity contribution >= 4 is 16.8 Å². The van der Waals surface area contributed by atoms with Crippen LogP contribution in [0.3, 0.4) is 0 Å². The average molecular weight is 377 g/mol. The molecule has 0 unspecified atom stereocenters. The molecule has 28 heavy (non-hydrogen) atoms. The molecule has 0 aliphatic carbocycles. The van der Waals surface area contributed by atoms with Crippen LogP contribution in [0, 0.1) is 0 Å². The third kappa shape index (κ3) is 4.67.